The number of hydrogen-bond donors (Lipinski definition) is 1. The van der Waals surface area contributed by atoms with Crippen LogP contribution in [0.5, 0.6) is 0 Å². The van der Waals surface area contributed by atoms with Gasteiger partial charge in [-0.15, -0.1) is 5.10 Å². The Morgan fingerprint density at radius 1 is 1.38 bits per heavy atom. The standard InChI is InChI=1S/C13H11Cl2N3O2S/c1-7(8-2-4-9(14)5-3-8)17-18-13-16-12(20)10(21-13)6-11(15)19/h2-5,10H,6H2,1H3,(H,16,18,20). The van der Waals surface area contributed by atoms with Crippen LogP contribution in [0.25, 0.3) is 0 Å². The number of carbonyl (C=O) groups excluding carboxylic acids is 2. The molecule has 1 unspecified atom stereocenters. The van der Waals surface area contributed by atoms with E-state index in [0.717, 1.165) is 17.3 Å². The zero-order valence-corrected chi connectivity index (χ0v) is 13.3. The number of halogens is 2. The number of hydrogen-bond acceptors (Lipinski definition) is 5. The average Bonchev–Trinajstić information content (AvgIpc) is 2.77. The molecule has 0 spiro atoms. The van der Waals surface area contributed by atoms with Crippen LogP contribution < -0.4 is 5.32 Å². The summed E-state index contributed by atoms with van der Waals surface area (Å²) in [6.45, 7) is 1.80. The highest BCUT2D eigenvalue weighted by Crippen LogP contribution is 2.23. The quantitative estimate of drug-likeness (QED) is 0.519. The summed E-state index contributed by atoms with van der Waals surface area (Å²) in [6, 6.07) is 7.18. The van der Waals surface area contributed by atoms with Gasteiger partial charge in [-0.1, -0.05) is 35.5 Å². The summed E-state index contributed by atoms with van der Waals surface area (Å²) in [5, 5.41) is 10.5. The van der Waals surface area contributed by atoms with Crippen LogP contribution >= 0.6 is 35.0 Å². The minimum Gasteiger partial charge on any atom is -0.303 e. The number of amidine groups is 1. The molecule has 21 heavy (non-hydrogen) atoms. The number of carbonyl (C=O) groups is 2. The zero-order valence-electron chi connectivity index (χ0n) is 11.0. The third-order valence-electron chi connectivity index (χ3n) is 2.68. The summed E-state index contributed by atoms with van der Waals surface area (Å²) >= 11 is 12.2. The molecule has 1 amide bonds. The lowest BCUT2D eigenvalue weighted by Crippen LogP contribution is -2.25. The van der Waals surface area contributed by atoms with Gasteiger partial charge in [0, 0.05) is 11.4 Å². The van der Waals surface area contributed by atoms with Crippen molar-refractivity contribution in [3.8, 4) is 0 Å². The van der Waals surface area contributed by atoms with Crippen molar-refractivity contribution < 1.29 is 9.59 Å². The van der Waals surface area contributed by atoms with Gasteiger partial charge < -0.3 is 5.32 Å². The second kappa shape index (κ2) is 7.06. The Labute approximate surface area is 135 Å². The molecule has 0 aromatic heterocycles. The SMILES string of the molecule is CC(=NN=C1NC(=O)C(CC(=O)Cl)S1)c1ccc(Cl)cc1. The molecule has 1 saturated heterocycles. The Balaban J connectivity index is 2.07. The van der Waals surface area contributed by atoms with Gasteiger partial charge in [-0.2, -0.15) is 5.10 Å². The monoisotopic (exact) mass is 343 g/mol. The molecule has 1 aliphatic rings. The normalized spacial score (nSPS) is 20.7. The Hall–Kier alpha value is -1.37. The van der Waals surface area contributed by atoms with Crippen LogP contribution in [0.3, 0.4) is 0 Å². The van der Waals surface area contributed by atoms with Crippen LogP contribution in [-0.2, 0) is 9.59 Å². The maximum Gasteiger partial charge on any atom is 0.240 e. The Morgan fingerprint density at radius 2 is 2.05 bits per heavy atom. The highest BCUT2D eigenvalue weighted by molar-refractivity contribution is 8.15. The van der Waals surface area contributed by atoms with Gasteiger partial charge >= 0.3 is 0 Å². The van der Waals surface area contributed by atoms with Crippen molar-refractivity contribution >= 4 is 57.0 Å². The van der Waals surface area contributed by atoms with Crippen LogP contribution in [-0.4, -0.2) is 27.3 Å². The van der Waals surface area contributed by atoms with E-state index in [4.69, 9.17) is 23.2 Å². The van der Waals surface area contributed by atoms with Gasteiger partial charge in [-0.05, 0) is 36.2 Å². The Kier molecular flexibility index (Phi) is 5.39. The first-order chi connectivity index (χ1) is 9.95. The maximum atomic E-state index is 11.6. The van der Waals surface area contributed by atoms with Crippen molar-refractivity contribution in [2.45, 2.75) is 18.6 Å². The lowest BCUT2D eigenvalue weighted by atomic mass is 10.1. The summed E-state index contributed by atoms with van der Waals surface area (Å²) in [5.74, 6) is -0.285. The molecule has 1 heterocycles. The van der Waals surface area contributed by atoms with Gasteiger partial charge in [0.1, 0.15) is 0 Å². The van der Waals surface area contributed by atoms with Crippen LogP contribution in [0, 0.1) is 0 Å². The fraction of sp³-hybridized carbons (Fsp3) is 0.231. The Bertz CT molecular complexity index is 629. The van der Waals surface area contributed by atoms with E-state index >= 15 is 0 Å². The zero-order chi connectivity index (χ0) is 15.4. The summed E-state index contributed by atoms with van der Waals surface area (Å²) in [7, 11) is 0. The second-order valence-electron chi connectivity index (χ2n) is 4.25. The van der Waals surface area contributed by atoms with Crippen molar-refractivity contribution in [3.63, 3.8) is 0 Å². The molecule has 1 N–H and O–H groups in total. The first-order valence-corrected chi connectivity index (χ1v) is 7.63. The maximum absolute atomic E-state index is 11.6. The van der Waals surface area contributed by atoms with Gasteiger partial charge in [-0.25, -0.2) is 0 Å². The lowest BCUT2D eigenvalue weighted by Gasteiger charge is -1.99. The van der Waals surface area contributed by atoms with Crippen molar-refractivity contribution in [1.29, 1.82) is 0 Å². The molecule has 1 aromatic carbocycles. The van der Waals surface area contributed by atoms with Crippen molar-refractivity contribution in [1.82, 2.24) is 5.32 Å². The van der Waals surface area contributed by atoms with Gasteiger partial charge in [0.05, 0.1) is 11.0 Å². The first-order valence-electron chi connectivity index (χ1n) is 6.00. The first kappa shape index (κ1) is 16.0. The van der Waals surface area contributed by atoms with Crippen LogP contribution in [0.15, 0.2) is 34.5 Å². The molecule has 0 radical (unpaired) electrons. The van der Waals surface area contributed by atoms with Gasteiger partial charge in [0.25, 0.3) is 0 Å². The van der Waals surface area contributed by atoms with E-state index < -0.39 is 10.5 Å². The van der Waals surface area contributed by atoms with E-state index in [1.807, 2.05) is 12.1 Å². The minimum absolute atomic E-state index is 0.0308. The smallest absolute Gasteiger partial charge is 0.240 e. The van der Waals surface area contributed by atoms with E-state index in [2.05, 4.69) is 15.5 Å². The number of thioether (sulfide) groups is 1. The predicted octanol–water partition coefficient (Wildman–Crippen LogP) is 2.81. The summed E-state index contributed by atoms with van der Waals surface area (Å²) in [5.41, 5.74) is 1.57. The molecule has 0 aliphatic carbocycles. The molecule has 1 fully saturated rings. The summed E-state index contributed by atoms with van der Waals surface area (Å²) in [6.07, 6.45) is -0.0308. The van der Waals surface area contributed by atoms with Crippen molar-refractivity contribution in [3.05, 3.63) is 34.9 Å². The fourth-order valence-corrected chi connectivity index (χ4v) is 2.89. The number of nitrogens with one attached hydrogen (secondary N) is 1. The second-order valence-corrected chi connectivity index (χ2v) is 6.30. The topological polar surface area (TPSA) is 70.9 Å². The molecule has 0 saturated carbocycles. The summed E-state index contributed by atoms with van der Waals surface area (Å²) in [4.78, 5) is 22.4. The summed E-state index contributed by atoms with van der Waals surface area (Å²) < 4.78 is 0. The van der Waals surface area contributed by atoms with Crippen LogP contribution in [0.1, 0.15) is 18.9 Å². The van der Waals surface area contributed by atoms with E-state index in [1.165, 1.54) is 0 Å². The van der Waals surface area contributed by atoms with Crippen LogP contribution in [0.2, 0.25) is 5.02 Å². The van der Waals surface area contributed by atoms with Crippen molar-refractivity contribution in [2.75, 3.05) is 0 Å². The third kappa shape index (κ3) is 4.56. The van der Waals surface area contributed by atoms with E-state index in [9.17, 15) is 9.59 Å². The average molecular weight is 344 g/mol. The molecular formula is C13H11Cl2N3O2S. The predicted molar refractivity (Wildman–Crippen MR) is 86.1 cm³/mol. The van der Waals surface area contributed by atoms with E-state index in [1.54, 1.807) is 19.1 Å². The molecule has 1 atom stereocenters. The number of amides is 1. The number of nitrogens with zero attached hydrogens (tertiary/aromatic N) is 2. The minimum atomic E-state index is -0.551. The largest absolute Gasteiger partial charge is 0.303 e. The van der Waals surface area contributed by atoms with E-state index in [-0.39, 0.29) is 12.3 Å². The fourth-order valence-electron chi connectivity index (χ4n) is 1.60. The Morgan fingerprint density at radius 3 is 2.67 bits per heavy atom. The molecule has 1 aliphatic heterocycles. The molecule has 8 heteroatoms. The van der Waals surface area contributed by atoms with Gasteiger partial charge in [-0.3, -0.25) is 9.59 Å². The molecular weight excluding hydrogens is 333 g/mol. The molecule has 0 bridgehead atoms. The van der Waals surface area contributed by atoms with Crippen LogP contribution in [0.4, 0.5) is 0 Å². The number of benzene rings is 1. The lowest BCUT2D eigenvalue weighted by molar-refractivity contribution is -0.121. The highest BCUT2D eigenvalue weighted by Gasteiger charge is 2.31. The molecule has 1 aromatic rings. The molecule has 110 valence electrons. The number of rotatable bonds is 4. The molecule has 5 nitrogen and oxygen atoms in total. The third-order valence-corrected chi connectivity index (χ3v) is 4.15. The van der Waals surface area contributed by atoms with Crippen molar-refractivity contribution in [2.24, 2.45) is 10.2 Å². The van der Waals surface area contributed by atoms with Gasteiger partial charge in [0.2, 0.25) is 11.1 Å². The highest BCUT2D eigenvalue weighted by atomic mass is 35.5. The van der Waals surface area contributed by atoms with E-state index in [0.29, 0.717) is 15.9 Å². The van der Waals surface area contributed by atoms with Gasteiger partial charge in [0.15, 0.2) is 5.17 Å². The molecule has 2 rings (SSSR count).